The van der Waals surface area contributed by atoms with E-state index < -0.39 is 0 Å². The number of rotatable bonds is 4. The van der Waals surface area contributed by atoms with E-state index in [1.165, 1.54) is 0 Å². The summed E-state index contributed by atoms with van der Waals surface area (Å²) in [4.78, 5) is 17.3. The number of benzene rings is 1. The lowest BCUT2D eigenvalue weighted by molar-refractivity contribution is 0.102. The molecule has 2 N–H and O–H groups in total. The van der Waals surface area contributed by atoms with Gasteiger partial charge < -0.3 is 5.32 Å². The van der Waals surface area contributed by atoms with Crippen molar-refractivity contribution >= 4 is 35.1 Å². The summed E-state index contributed by atoms with van der Waals surface area (Å²) in [6.07, 6.45) is 5.34. The molecule has 0 atom stereocenters. The van der Waals surface area contributed by atoms with Crippen molar-refractivity contribution in [2.45, 2.75) is 4.90 Å². The minimum Gasteiger partial charge on any atom is -0.305 e. The molecule has 1 aromatic carbocycles. The first-order valence-corrected chi connectivity index (χ1v) is 8.38. The van der Waals surface area contributed by atoms with E-state index in [1.54, 1.807) is 42.4 Å². The third-order valence-corrected chi connectivity index (χ3v) is 4.28. The number of amides is 1. The van der Waals surface area contributed by atoms with Crippen LogP contribution in [0.5, 0.6) is 0 Å². The topological polar surface area (TPSA) is 70.7 Å². The third-order valence-electron chi connectivity index (χ3n) is 3.23. The summed E-state index contributed by atoms with van der Waals surface area (Å²) >= 11 is 7.66. The third kappa shape index (κ3) is 3.55. The maximum absolute atomic E-state index is 12.4. The molecule has 2 heterocycles. The Morgan fingerprint density at radius 3 is 2.74 bits per heavy atom. The predicted octanol–water partition coefficient (Wildman–Crippen LogP) is 4.10. The summed E-state index contributed by atoms with van der Waals surface area (Å²) in [6.45, 7) is 0. The maximum atomic E-state index is 12.4. The van der Waals surface area contributed by atoms with Crippen molar-refractivity contribution in [3.8, 4) is 11.3 Å². The molecular formula is C16H13ClN4OS. The zero-order valence-corrected chi connectivity index (χ0v) is 13.8. The van der Waals surface area contributed by atoms with Crippen LogP contribution in [0.2, 0.25) is 5.02 Å². The SMILES string of the molecule is CSc1ccc(Cl)c(C(=O)Nc2cc(-c3ccncc3)[nH]n2)c1. The van der Waals surface area contributed by atoms with Gasteiger partial charge in [-0.05, 0) is 36.6 Å². The van der Waals surface area contributed by atoms with Crippen LogP contribution in [0.3, 0.4) is 0 Å². The summed E-state index contributed by atoms with van der Waals surface area (Å²) in [5.74, 6) is 0.145. The molecule has 0 spiro atoms. The van der Waals surface area contributed by atoms with E-state index in [2.05, 4.69) is 20.5 Å². The number of aromatic nitrogens is 3. The number of nitrogens with zero attached hydrogens (tertiary/aromatic N) is 2. The molecule has 3 rings (SSSR count). The van der Waals surface area contributed by atoms with Gasteiger partial charge in [-0.2, -0.15) is 5.10 Å². The first-order valence-electron chi connectivity index (χ1n) is 6.78. The molecule has 0 unspecified atom stereocenters. The molecular weight excluding hydrogens is 332 g/mol. The highest BCUT2D eigenvalue weighted by molar-refractivity contribution is 7.98. The Morgan fingerprint density at radius 2 is 2.00 bits per heavy atom. The van der Waals surface area contributed by atoms with Crippen LogP contribution < -0.4 is 5.32 Å². The molecule has 23 heavy (non-hydrogen) atoms. The van der Waals surface area contributed by atoms with Crippen molar-refractivity contribution < 1.29 is 4.79 Å². The fourth-order valence-electron chi connectivity index (χ4n) is 2.05. The number of nitrogens with one attached hydrogen (secondary N) is 2. The van der Waals surface area contributed by atoms with Crippen LogP contribution in [0, 0.1) is 0 Å². The second-order valence-electron chi connectivity index (χ2n) is 4.70. The van der Waals surface area contributed by atoms with Gasteiger partial charge in [-0.25, -0.2) is 0 Å². The second-order valence-corrected chi connectivity index (χ2v) is 5.99. The van der Waals surface area contributed by atoms with Crippen LogP contribution in [0.1, 0.15) is 10.4 Å². The van der Waals surface area contributed by atoms with E-state index in [0.29, 0.717) is 16.4 Å². The molecule has 2 aromatic heterocycles. The maximum Gasteiger partial charge on any atom is 0.258 e. The largest absolute Gasteiger partial charge is 0.305 e. The molecule has 3 aromatic rings. The van der Waals surface area contributed by atoms with Gasteiger partial charge in [-0.1, -0.05) is 11.6 Å². The van der Waals surface area contributed by atoms with Crippen LogP contribution in [0.25, 0.3) is 11.3 Å². The first-order chi connectivity index (χ1) is 11.2. The zero-order valence-electron chi connectivity index (χ0n) is 12.2. The average Bonchev–Trinajstić information content (AvgIpc) is 3.04. The summed E-state index contributed by atoms with van der Waals surface area (Å²) in [7, 11) is 0. The van der Waals surface area contributed by atoms with E-state index in [0.717, 1.165) is 16.2 Å². The van der Waals surface area contributed by atoms with Crippen molar-refractivity contribution in [1.29, 1.82) is 0 Å². The number of pyridine rings is 1. The van der Waals surface area contributed by atoms with Crippen molar-refractivity contribution in [2.24, 2.45) is 0 Å². The monoisotopic (exact) mass is 344 g/mol. The van der Waals surface area contributed by atoms with Gasteiger partial charge in [0.1, 0.15) is 0 Å². The van der Waals surface area contributed by atoms with Crippen molar-refractivity contribution in [1.82, 2.24) is 15.2 Å². The fourth-order valence-corrected chi connectivity index (χ4v) is 2.70. The van der Waals surface area contributed by atoms with Gasteiger partial charge >= 0.3 is 0 Å². The number of anilines is 1. The van der Waals surface area contributed by atoms with Gasteiger partial charge in [-0.15, -0.1) is 11.8 Å². The quantitative estimate of drug-likeness (QED) is 0.699. The number of carbonyl (C=O) groups is 1. The Balaban J connectivity index is 1.80. The van der Waals surface area contributed by atoms with Gasteiger partial charge in [0, 0.05) is 28.9 Å². The Labute approximate surface area is 142 Å². The number of halogens is 1. The van der Waals surface area contributed by atoms with E-state index in [1.807, 2.05) is 24.5 Å². The summed E-state index contributed by atoms with van der Waals surface area (Å²) in [6, 6.07) is 10.8. The van der Waals surface area contributed by atoms with Gasteiger partial charge in [-0.3, -0.25) is 14.9 Å². The second kappa shape index (κ2) is 6.85. The minimum atomic E-state index is -0.293. The Kier molecular flexibility index (Phi) is 4.64. The number of hydrogen-bond donors (Lipinski definition) is 2. The average molecular weight is 345 g/mol. The zero-order chi connectivity index (χ0) is 16.2. The summed E-state index contributed by atoms with van der Waals surface area (Å²) in [5.41, 5.74) is 2.16. The lowest BCUT2D eigenvalue weighted by Crippen LogP contribution is -2.12. The highest BCUT2D eigenvalue weighted by Gasteiger charge is 2.13. The van der Waals surface area contributed by atoms with E-state index in [9.17, 15) is 4.79 Å². The van der Waals surface area contributed by atoms with Gasteiger partial charge in [0.2, 0.25) is 0 Å². The minimum absolute atomic E-state index is 0.293. The number of thioether (sulfide) groups is 1. The number of aromatic amines is 1. The molecule has 1 amide bonds. The van der Waals surface area contributed by atoms with Crippen LogP contribution in [0.15, 0.2) is 53.7 Å². The molecule has 7 heteroatoms. The summed E-state index contributed by atoms with van der Waals surface area (Å²) < 4.78 is 0. The first kappa shape index (κ1) is 15.6. The Hall–Kier alpha value is -2.31. The molecule has 0 saturated carbocycles. The molecule has 0 saturated heterocycles. The van der Waals surface area contributed by atoms with Gasteiger partial charge in [0.05, 0.1) is 16.3 Å². The predicted molar refractivity (Wildman–Crippen MR) is 93.0 cm³/mol. The molecule has 5 nitrogen and oxygen atoms in total. The molecule has 116 valence electrons. The summed E-state index contributed by atoms with van der Waals surface area (Å²) in [5, 5.41) is 10.1. The van der Waals surface area contributed by atoms with Crippen LogP contribution in [-0.4, -0.2) is 27.3 Å². The van der Waals surface area contributed by atoms with Crippen LogP contribution in [-0.2, 0) is 0 Å². The molecule has 0 aliphatic heterocycles. The van der Waals surface area contributed by atoms with E-state index >= 15 is 0 Å². The van der Waals surface area contributed by atoms with E-state index in [-0.39, 0.29) is 5.91 Å². The van der Waals surface area contributed by atoms with Crippen LogP contribution in [0.4, 0.5) is 5.82 Å². The smallest absolute Gasteiger partial charge is 0.258 e. The van der Waals surface area contributed by atoms with Gasteiger partial charge in [0.25, 0.3) is 5.91 Å². The Morgan fingerprint density at radius 1 is 1.22 bits per heavy atom. The molecule has 0 bridgehead atoms. The van der Waals surface area contributed by atoms with Crippen molar-refractivity contribution in [3.63, 3.8) is 0 Å². The lowest BCUT2D eigenvalue weighted by Gasteiger charge is -2.06. The van der Waals surface area contributed by atoms with Crippen molar-refractivity contribution in [2.75, 3.05) is 11.6 Å². The number of H-pyrrole nitrogens is 1. The normalized spacial score (nSPS) is 10.5. The van der Waals surface area contributed by atoms with E-state index in [4.69, 9.17) is 11.6 Å². The molecule has 0 aliphatic carbocycles. The van der Waals surface area contributed by atoms with Crippen LogP contribution >= 0.6 is 23.4 Å². The standard InChI is InChI=1S/C16H13ClN4OS/c1-23-11-2-3-13(17)12(8-11)16(22)19-15-9-14(20-21-15)10-4-6-18-7-5-10/h2-9H,1H3,(H2,19,20,21,22). The fraction of sp³-hybridized carbons (Fsp3) is 0.0625. The Bertz CT molecular complexity index is 835. The highest BCUT2D eigenvalue weighted by Crippen LogP contribution is 2.24. The van der Waals surface area contributed by atoms with Gasteiger partial charge in [0.15, 0.2) is 5.82 Å². The number of carbonyl (C=O) groups excluding carboxylic acids is 1. The highest BCUT2D eigenvalue weighted by atomic mass is 35.5. The lowest BCUT2D eigenvalue weighted by atomic mass is 10.2. The van der Waals surface area contributed by atoms with Crippen molar-refractivity contribution in [3.05, 3.63) is 59.4 Å². The molecule has 0 aliphatic rings. The molecule has 0 radical (unpaired) electrons. The molecule has 0 fully saturated rings. The number of hydrogen-bond acceptors (Lipinski definition) is 4.